The second-order valence-corrected chi connectivity index (χ2v) is 1.78. The molecule has 1 unspecified atom stereocenters. The Labute approximate surface area is 59.8 Å². The van der Waals surface area contributed by atoms with Gasteiger partial charge in [0.25, 0.3) is 0 Å². The molecule has 0 aliphatic carbocycles. The third-order valence-electron chi connectivity index (χ3n) is 0.666. The minimum Gasteiger partial charge on any atom is -0.384 e. The number of aliphatic hydroxyl groups excluding tert-OH is 1. The van der Waals surface area contributed by atoms with Crippen molar-refractivity contribution in [1.29, 1.82) is 0 Å². The van der Waals surface area contributed by atoms with E-state index in [1.165, 1.54) is 0 Å². The van der Waals surface area contributed by atoms with Crippen LogP contribution in [-0.4, -0.2) is 30.3 Å². The van der Waals surface area contributed by atoms with Gasteiger partial charge in [-0.15, -0.1) is 18.0 Å². The first kappa shape index (κ1) is 8.77. The van der Waals surface area contributed by atoms with Gasteiger partial charge in [-0.1, -0.05) is 5.92 Å². The van der Waals surface area contributed by atoms with Crippen LogP contribution in [0.3, 0.4) is 0 Å². The fraction of sp³-hybridized carbons (Fsp3) is 0.667. The Balaban J connectivity index is 0.000000148. The number of alkyl halides is 1. The van der Waals surface area contributed by atoms with Gasteiger partial charge < -0.3 is 9.84 Å². The molecule has 0 radical (unpaired) electrons. The largest absolute Gasteiger partial charge is 0.384 e. The van der Waals surface area contributed by atoms with Crippen LogP contribution in [0.25, 0.3) is 0 Å². The molecule has 0 aromatic rings. The first-order valence-electron chi connectivity index (χ1n) is 2.57. The summed E-state index contributed by atoms with van der Waals surface area (Å²) in [6, 6.07) is 0. The Morgan fingerprint density at radius 2 is 2.33 bits per heavy atom. The van der Waals surface area contributed by atoms with Gasteiger partial charge in [-0.2, -0.15) is 0 Å². The van der Waals surface area contributed by atoms with Crippen LogP contribution >= 0.6 is 11.6 Å². The molecule has 1 rings (SSSR count). The van der Waals surface area contributed by atoms with Gasteiger partial charge >= 0.3 is 0 Å². The molecule has 0 saturated carbocycles. The van der Waals surface area contributed by atoms with Gasteiger partial charge in [0.2, 0.25) is 0 Å². The average molecular weight is 149 g/mol. The van der Waals surface area contributed by atoms with Crippen LogP contribution < -0.4 is 0 Å². The van der Waals surface area contributed by atoms with Crippen LogP contribution in [0.15, 0.2) is 0 Å². The normalized spacial score (nSPS) is 21.2. The number of aliphatic hydroxyl groups is 1. The summed E-state index contributed by atoms with van der Waals surface area (Å²) < 4.78 is 4.73. The Kier molecular flexibility index (Phi) is 5.75. The van der Waals surface area contributed by atoms with Crippen LogP contribution in [0, 0.1) is 12.3 Å². The lowest BCUT2D eigenvalue weighted by Crippen LogP contribution is -1.80. The summed E-state index contributed by atoms with van der Waals surface area (Å²) in [5, 5.41) is 7.64. The summed E-state index contributed by atoms with van der Waals surface area (Å²) >= 11 is 5.27. The van der Waals surface area contributed by atoms with E-state index in [1.54, 1.807) is 0 Å². The van der Waals surface area contributed by atoms with Crippen molar-refractivity contribution in [2.75, 3.05) is 19.1 Å². The molecule has 1 atom stereocenters. The Morgan fingerprint density at radius 3 is 2.33 bits per heavy atom. The molecular formula is C6H9ClO2. The standard InChI is InChI=1S/C3H5ClO.C3H4O/c4-1-3-2-5-3;1-2-3-4/h3H,1-2H2;1,4H,3H2. The van der Waals surface area contributed by atoms with Gasteiger partial charge in [0.05, 0.1) is 18.6 Å². The van der Waals surface area contributed by atoms with E-state index < -0.39 is 0 Å². The van der Waals surface area contributed by atoms with Crippen molar-refractivity contribution < 1.29 is 9.84 Å². The van der Waals surface area contributed by atoms with Crippen molar-refractivity contribution in [1.82, 2.24) is 0 Å². The number of terminal acetylenes is 1. The summed E-state index contributed by atoms with van der Waals surface area (Å²) in [6.45, 7) is 0.726. The van der Waals surface area contributed by atoms with Crippen LogP contribution in [0.4, 0.5) is 0 Å². The van der Waals surface area contributed by atoms with E-state index in [9.17, 15) is 0 Å². The molecule has 0 aromatic heterocycles. The van der Waals surface area contributed by atoms with Crippen LogP contribution in [-0.2, 0) is 4.74 Å². The molecule has 1 fully saturated rings. The van der Waals surface area contributed by atoms with Crippen molar-refractivity contribution in [3.8, 4) is 12.3 Å². The van der Waals surface area contributed by atoms with E-state index in [4.69, 9.17) is 21.4 Å². The maximum atomic E-state index is 7.64. The third kappa shape index (κ3) is 7.77. The minimum absolute atomic E-state index is 0.153. The lowest BCUT2D eigenvalue weighted by Gasteiger charge is -1.67. The highest BCUT2D eigenvalue weighted by Crippen LogP contribution is 2.08. The highest BCUT2D eigenvalue weighted by molar-refractivity contribution is 6.18. The maximum Gasteiger partial charge on any atom is 0.103 e. The minimum atomic E-state index is -0.153. The zero-order chi connectivity index (χ0) is 7.11. The molecule has 9 heavy (non-hydrogen) atoms. The smallest absolute Gasteiger partial charge is 0.103 e. The fourth-order valence-corrected chi connectivity index (χ4v) is 0.335. The number of hydrogen-bond acceptors (Lipinski definition) is 2. The second kappa shape index (κ2) is 5.90. The molecule has 0 amide bonds. The lowest BCUT2D eigenvalue weighted by atomic mass is 10.6. The van der Waals surface area contributed by atoms with E-state index >= 15 is 0 Å². The van der Waals surface area contributed by atoms with Crippen LogP contribution in [0.1, 0.15) is 0 Å². The summed E-state index contributed by atoms with van der Waals surface area (Å²) in [5.41, 5.74) is 0. The predicted molar refractivity (Wildman–Crippen MR) is 36.4 cm³/mol. The SMILES string of the molecule is C#CCO.ClCC1CO1. The Bertz CT molecular complexity index is 93.7. The molecule has 3 heteroatoms. The molecule has 52 valence electrons. The van der Waals surface area contributed by atoms with E-state index in [1.807, 2.05) is 5.92 Å². The number of ether oxygens (including phenoxy) is 1. The van der Waals surface area contributed by atoms with Crippen LogP contribution in [0.2, 0.25) is 0 Å². The maximum absolute atomic E-state index is 7.64. The van der Waals surface area contributed by atoms with Crippen molar-refractivity contribution >= 4 is 11.6 Å². The summed E-state index contributed by atoms with van der Waals surface area (Å²) in [4.78, 5) is 0. The van der Waals surface area contributed by atoms with Gasteiger partial charge in [-0.25, -0.2) is 0 Å². The molecule has 1 saturated heterocycles. The highest BCUT2D eigenvalue weighted by Gasteiger charge is 2.19. The monoisotopic (exact) mass is 148 g/mol. The van der Waals surface area contributed by atoms with Crippen molar-refractivity contribution in [3.63, 3.8) is 0 Å². The average Bonchev–Trinajstić information content (AvgIpc) is 2.70. The second-order valence-electron chi connectivity index (χ2n) is 1.47. The van der Waals surface area contributed by atoms with E-state index in [0.717, 1.165) is 6.61 Å². The lowest BCUT2D eigenvalue weighted by molar-refractivity contribution is 0.351. The van der Waals surface area contributed by atoms with Crippen LogP contribution in [0.5, 0.6) is 0 Å². The van der Waals surface area contributed by atoms with Gasteiger partial charge in [0, 0.05) is 0 Å². The van der Waals surface area contributed by atoms with Gasteiger partial charge in [-0.05, 0) is 0 Å². The van der Waals surface area contributed by atoms with Crippen molar-refractivity contribution in [2.24, 2.45) is 0 Å². The molecule has 1 aliphatic heterocycles. The Hall–Kier alpha value is -0.230. The molecule has 0 spiro atoms. The number of rotatable bonds is 1. The molecule has 1 heterocycles. The quantitative estimate of drug-likeness (QED) is 0.328. The zero-order valence-corrected chi connectivity index (χ0v) is 5.77. The van der Waals surface area contributed by atoms with Crippen molar-refractivity contribution in [3.05, 3.63) is 0 Å². The van der Waals surface area contributed by atoms with Gasteiger partial charge in [-0.3, -0.25) is 0 Å². The number of halogens is 1. The third-order valence-corrected chi connectivity index (χ3v) is 1.01. The first-order valence-corrected chi connectivity index (χ1v) is 3.10. The highest BCUT2D eigenvalue weighted by atomic mass is 35.5. The fourth-order valence-electron chi connectivity index (χ4n) is 0.157. The predicted octanol–water partition coefficient (Wildman–Crippen LogP) is 0.236. The molecular weight excluding hydrogens is 140 g/mol. The summed E-state index contributed by atoms with van der Waals surface area (Å²) in [6.07, 6.45) is 4.93. The summed E-state index contributed by atoms with van der Waals surface area (Å²) in [5.74, 6) is 2.65. The molecule has 0 aromatic carbocycles. The molecule has 1 N–H and O–H groups in total. The number of hydrogen-bond donors (Lipinski definition) is 1. The summed E-state index contributed by atoms with van der Waals surface area (Å²) in [7, 11) is 0. The van der Waals surface area contributed by atoms with Gasteiger partial charge in [0.1, 0.15) is 6.61 Å². The van der Waals surface area contributed by atoms with E-state index in [0.29, 0.717) is 12.0 Å². The molecule has 1 aliphatic rings. The van der Waals surface area contributed by atoms with E-state index in [2.05, 4.69) is 6.42 Å². The molecule has 2 nitrogen and oxygen atoms in total. The molecule has 0 bridgehead atoms. The Morgan fingerprint density at radius 1 is 1.89 bits per heavy atom. The first-order chi connectivity index (χ1) is 4.35. The topological polar surface area (TPSA) is 32.8 Å². The number of epoxide rings is 1. The van der Waals surface area contributed by atoms with E-state index in [-0.39, 0.29) is 6.61 Å². The van der Waals surface area contributed by atoms with Gasteiger partial charge in [0.15, 0.2) is 0 Å². The zero-order valence-electron chi connectivity index (χ0n) is 5.01. The van der Waals surface area contributed by atoms with Crippen molar-refractivity contribution in [2.45, 2.75) is 6.10 Å².